The molecular weight excluding hydrogens is 333 g/mol. The number of halogens is 2. The minimum Gasteiger partial charge on any atom is -0.348 e. The highest BCUT2D eigenvalue weighted by molar-refractivity contribution is 5.92. The number of amides is 1. The molecule has 1 saturated carbocycles. The Bertz CT molecular complexity index is 685. The molecule has 24 heavy (non-hydrogen) atoms. The van der Waals surface area contributed by atoms with Gasteiger partial charge in [0, 0.05) is 12.1 Å². The van der Waals surface area contributed by atoms with Crippen molar-refractivity contribution in [3.63, 3.8) is 0 Å². The molecule has 3 rings (SSSR count). The van der Waals surface area contributed by atoms with Crippen LogP contribution < -0.4 is 11.1 Å². The van der Waals surface area contributed by atoms with E-state index in [2.05, 4.69) is 15.6 Å². The van der Waals surface area contributed by atoms with Crippen molar-refractivity contribution >= 4 is 18.3 Å². The van der Waals surface area contributed by atoms with Gasteiger partial charge in [-0.15, -0.1) is 17.5 Å². The van der Waals surface area contributed by atoms with Gasteiger partial charge in [-0.3, -0.25) is 4.79 Å². The molecule has 0 aliphatic heterocycles. The van der Waals surface area contributed by atoms with Crippen LogP contribution in [0.3, 0.4) is 0 Å². The quantitative estimate of drug-likeness (QED) is 0.878. The van der Waals surface area contributed by atoms with Crippen LogP contribution in [0, 0.1) is 5.82 Å². The summed E-state index contributed by atoms with van der Waals surface area (Å²) in [6, 6.07) is 6.66. The van der Waals surface area contributed by atoms with Crippen LogP contribution in [-0.2, 0) is 6.54 Å². The van der Waals surface area contributed by atoms with E-state index in [0.717, 1.165) is 31.2 Å². The number of rotatable bonds is 4. The minimum atomic E-state index is -0.295. The smallest absolute Gasteiger partial charge is 0.273 e. The monoisotopic (exact) mass is 353 g/mol. The van der Waals surface area contributed by atoms with Gasteiger partial charge < -0.3 is 11.1 Å². The fourth-order valence-corrected chi connectivity index (χ4v) is 2.82. The van der Waals surface area contributed by atoms with Crippen LogP contribution in [0.2, 0.25) is 0 Å². The van der Waals surface area contributed by atoms with Gasteiger partial charge in [-0.1, -0.05) is 17.3 Å². The first-order valence-corrected chi connectivity index (χ1v) is 7.81. The highest BCUT2D eigenvalue weighted by atomic mass is 35.5. The zero-order valence-corrected chi connectivity index (χ0v) is 14.0. The Labute approximate surface area is 146 Å². The zero-order valence-electron chi connectivity index (χ0n) is 13.2. The largest absolute Gasteiger partial charge is 0.348 e. The third-order valence-electron chi connectivity index (χ3n) is 4.11. The first-order valence-electron chi connectivity index (χ1n) is 7.81. The van der Waals surface area contributed by atoms with Gasteiger partial charge in [-0.05, 0) is 43.4 Å². The van der Waals surface area contributed by atoms with Crippen LogP contribution in [0.4, 0.5) is 4.39 Å². The molecule has 0 bridgehead atoms. The summed E-state index contributed by atoms with van der Waals surface area (Å²) < 4.78 is 14.7. The van der Waals surface area contributed by atoms with Crippen LogP contribution in [0.25, 0.3) is 0 Å². The number of hydrogen-bond acceptors (Lipinski definition) is 4. The minimum absolute atomic E-state index is 0. The van der Waals surface area contributed by atoms with E-state index in [-0.39, 0.29) is 41.9 Å². The van der Waals surface area contributed by atoms with Gasteiger partial charge in [0.15, 0.2) is 5.69 Å². The number of nitrogens with one attached hydrogen (secondary N) is 1. The Hall–Kier alpha value is -1.99. The number of carbonyl (C=O) groups excluding carboxylic acids is 1. The summed E-state index contributed by atoms with van der Waals surface area (Å²) in [4.78, 5) is 12.2. The van der Waals surface area contributed by atoms with Gasteiger partial charge in [-0.2, -0.15) is 0 Å². The normalized spacial score (nSPS) is 20.2. The van der Waals surface area contributed by atoms with Crippen molar-refractivity contribution in [3.05, 3.63) is 47.5 Å². The van der Waals surface area contributed by atoms with E-state index < -0.39 is 0 Å². The van der Waals surface area contributed by atoms with E-state index in [1.165, 1.54) is 16.8 Å². The standard InChI is InChI=1S/C16H20FN5O.ClH/c17-12-3-1-2-11(8-12)9-22-10-15(20-21-22)16(23)19-14-6-4-13(18)5-7-14;/h1-3,8,10,13-14H,4-7,9,18H2,(H,19,23);1H. The van der Waals surface area contributed by atoms with Gasteiger partial charge in [0.25, 0.3) is 5.91 Å². The van der Waals surface area contributed by atoms with Gasteiger partial charge in [0.2, 0.25) is 0 Å². The molecule has 1 amide bonds. The lowest BCUT2D eigenvalue weighted by Crippen LogP contribution is -2.40. The molecule has 0 radical (unpaired) electrons. The van der Waals surface area contributed by atoms with Crippen molar-refractivity contribution in [3.8, 4) is 0 Å². The highest BCUT2D eigenvalue weighted by Gasteiger charge is 2.21. The molecule has 8 heteroatoms. The molecule has 0 saturated heterocycles. The fourth-order valence-electron chi connectivity index (χ4n) is 2.82. The Morgan fingerprint density at radius 1 is 1.33 bits per heavy atom. The van der Waals surface area contributed by atoms with Gasteiger partial charge in [0.1, 0.15) is 5.82 Å². The van der Waals surface area contributed by atoms with Crippen molar-refractivity contribution in [1.82, 2.24) is 20.3 Å². The molecule has 0 unspecified atom stereocenters. The van der Waals surface area contributed by atoms with Crippen LogP contribution in [0.5, 0.6) is 0 Å². The number of aromatic nitrogens is 3. The summed E-state index contributed by atoms with van der Waals surface area (Å²) >= 11 is 0. The van der Waals surface area contributed by atoms with Crippen molar-refractivity contribution in [2.75, 3.05) is 0 Å². The number of nitrogens with zero attached hydrogens (tertiary/aromatic N) is 3. The summed E-state index contributed by atoms with van der Waals surface area (Å²) in [5.41, 5.74) is 6.90. The van der Waals surface area contributed by atoms with Gasteiger partial charge >= 0.3 is 0 Å². The second-order valence-electron chi connectivity index (χ2n) is 6.02. The van der Waals surface area contributed by atoms with E-state index in [4.69, 9.17) is 5.73 Å². The Morgan fingerprint density at radius 2 is 2.08 bits per heavy atom. The molecular formula is C16H21ClFN5O. The maximum absolute atomic E-state index is 13.2. The molecule has 1 aromatic heterocycles. The van der Waals surface area contributed by atoms with E-state index in [9.17, 15) is 9.18 Å². The summed E-state index contributed by atoms with van der Waals surface area (Å²) in [6.07, 6.45) is 5.22. The molecule has 1 aliphatic rings. The predicted molar refractivity (Wildman–Crippen MR) is 90.5 cm³/mol. The molecule has 1 fully saturated rings. The second-order valence-corrected chi connectivity index (χ2v) is 6.02. The van der Waals surface area contributed by atoms with Crippen LogP contribution in [-0.4, -0.2) is 33.0 Å². The first kappa shape index (κ1) is 18.4. The number of hydrogen-bond donors (Lipinski definition) is 2. The van der Waals surface area contributed by atoms with Crippen LogP contribution in [0.15, 0.2) is 30.5 Å². The van der Waals surface area contributed by atoms with E-state index in [0.29, 0.717) is 6.54 Å². The van der Waals surface area contributed by atoms with Crippen LogP contribution >= 0.6 is 12.4 Å². The third kappa shape index (κ3) is 4.75. The lowest BCUT2D eigenvalue weighted by molar-refractivity contribution is 0.0920. The molecule has 1 aliphatic carbocycles. The molecule has 1 heterocycles. The number of carbonyl (C=O) groups is 1. The van der Waals surface area contributed by atoms with E-state index >= 15 is 0 Å². The van der Waals surface area contributed by atoms with Crippen LogP contribution in [0.1, 0.15) is 41.7 Å². The molecule has 3 N–H and O–H groups in total. The average Bonchev–Trinajstić information content (AvgIpc) is 2.98. The lowest BCUT2D eigenvalue weighted by Gasteiger charge is -2.26. The summed E-state index contributed by atoms with van der Waals surface area (Å²) in [7, 11) is 0. The molecule has 0 spiro atoms. The zero-order chi connectivity index (χ0) is 16.2. The highest BCUT2D eigenvalue weighted by Crippen LogP contribution is 2.17. The number of benzene rings is 1. The average molecular weight is 354 g/mol. The topological polar surface area (TPSA) is 85.8 Å². The maximum Gasteiger partial charge on any atom is 0.273 e. The molecule has 6 nitrogen and oxygen atoms in total. The fraction of sp³-hybridized carbons (Fsp3) is 0.438. The van der Waals surface area contributed by atoms with Crippen molar-refractivity contribution in [2.45, 2.75) is 44.3 Å². The molecule has 130 valence electrons. The SMILES string of the molecule is Cl.NC1CCC(NC(=O)c2cn(Cc3cccc(F)c3)nn2)CC1. The van der Waals surface area contributed by atoms with Gasteiger partial charge in [0.05, 0.1) is 12.7 Å². The number of nitrogens with two attached hydrogens (primary N) is 1. The summed E-state index contributed by atoms with van der Waals surface area (Å²) in [6.45, 7) is 0.371. The van der Waals surface area contributed by atoms with Crippen molar-refractivity contribution in [1.29, 1.82) is 0 Å². The predicted octanol–water partition coefficient (Wildman–Crippen LogP) is 1.89. The molecule has 2 aromatic rings. The summed E-state index contributed by atoms with van der Waals surface area (Å²) in [5.74, 6) is -0.521. The molecule has 1 aromatic carbocycles. The lowest BCUT2D eigenvalue weighted by atomic mass is 9.92. The van der Waals surface area contributed by atoms with Gasteiger partial charge in [-0.25, -0.2) is 9.07 Å². The Kier molecular flexibility index (Phi) is 6.28. The first-order chi connectivity index (χ1) is 11.1. The third-order valence-corrected chi connectivity index (χ3v) is 4.11. The Morgan fingerprint density at radius 3 is 2.79 bits per heavy atom. The van der Waals surface area contributed by atoms with E-state index in [1.54, 1.807) is 18.3 Å². The second kappa shape index (κ2) is 8.21. The van der Waals surface area contributed by atoms with Crippen molar-refractivity contribution in [2.24, 2.45) is 5.73 Å². The maximum atomic E-state index is 13.2. The van der Waals surface area contributed by atoms with Crippen molar-refractivity contribution < 1.29 is 9.18 Å². The summed E-state index contributed by atoms with van der Waals surface area (Å²) in [5, 5.41) is 10.8. The Balaban J connectivity index is 0.00000208. The molecule has 0 atom stereocenters. The van der Waals surface area contributed by atoms with E-state index in [1.807, 2.05) is 0 Å².